The number of halogens is 1. The number of anilines is 2. The Balaban J connectivity index is 1.54. The summed E-state index contributed by atoms with van der Waals surface area (Å²) in [5, 5.41) is 12.5. The van der Waals surface area contributed by atoms with Crippen molar-refractivity contribution in [1.82, 2.24) is 14.9 Å². The van der Waals surface area contributed by atoms with E-state index >= 15 is 0 Å². The highest BCUT2D eigenvalue weighted by atomic mass is 19.1. The fraction of sp³-hybridized carbons (Fsp3) is 0.444. The molecule has 5 rings (SSSR count). The number of piperazine rings is 1. The van der Waals surface area contributed by atoms with Crippen LogP contribution in [0.25, 0.3) is 0 Å². The molecule has 2 unspecified atom stereocenters. The van der Waals surface area contributed by atoms with E-state index in [-0.39, 0.29) is 31.4 Å². The molecule has 1 N–H and O–H groups in total. The van der Waals surface area contributed by atoms with Crippen molar-refractivity contribution in [2.24, 2.45) is 0 Å². The molecule has 2 atom stereocenters. The quantitative estimate of drug-likeness (QED) is 0.637. The first-order valence-electron chi connectivity index (χ1n) is 12.4. The Bertz CT molecular complexity index is 1340. The van der Waals surface area contributed by atoms with Gasteiger partial charge in [0.1, 0.15) is 5.69 Å². The van der Waals surface area contributed by atoms with Gasteiger partial charge in [0, 0.05) is 26.1 Å². The summed E-state index contributed by atoms with van der Waals surface area (Å²) >= 11 is 0. The summed E-state index contributed by atoms with van der Waals surface area (Å²) in [7, 11) is 1.49. The Morgan fingerprint density at radius 2 is 2.19 bits per heavy atom. The number of methoxy groups -OCH3 is 1. The second kappa shape index (κ2) is 9.47. The average molecular weight is 505 g/mol. The van der Waals surface area contributed by atoms with Crippen LogP contribution in [0.2, 0.25) is 0 Å². The molecule has 1 aliphatic carbocycles. The third-order valence-electron chi connectivity index (χ3n) is 7.83. The van der Waals surface area contributed by atoms with Crippen molar-refractivity contribution in [2.45, 2.75) is 50.5 Å². The van der Waals surface area contributed by atoms with Gasteiger partial charge in [-0.05, 0) is 42.9 Å². The lowest BCUT2D eigenvalue weighted by molar-refractivity contribution is -0.131. The number of aromatic nitrogens is 2. The molecule has 0 saturated carbocycles. The van der Waals surface area contributed by atoms with Crippen molar-refractivity contribution in [3.8, 4) is 12.1 Å². The molecule has 37 heavy (non-hydrogen) atoms. The van der Waals surface area contributed by atoms with Crippen LogP contribution in [0.5, 0.6) is 6.01 Å². The van der Waals surface area contributed by atoms with Crippen LogP contribution >= 0.6 is 0 Å². The van der Waals surface area contributed by atoms with E-state index < -0.39 is 23.2 Å². The summed E-state index contributed by atoms with van der Waals surface area (Å²) in [4.78, 5) is 38.6. The van der Waals surface area contributed by atoms with Gasteiger partial charge in [-0.1, -0.05) is 24.8 Å². The largest absolute Gasteiger partial charge is 0.467 e. The Morgan fingerprint density at radius 1 is 1.38 bits per heavy atom. The van der Waals surface area contributed by atoms with Crippen LogP contribution in [0, 0.1) is 18.3 Å². The number of nitrogens with zero attached hydrogens (tertiary/aromatic N) is 5. The average Bonchev–Trinajstić information content (AvgIpc) is 2.89. The van der Waals surface area contributed by atoms with Crippen LogP contribution in [0.1, 0.15) is 41.6 Å². The molecule has 2 amide bonds. The molecule has 1 fully saturated rings. The standard InChI is InChI=1S/C27H29FN6O3/c1-16-6-4-8-20-19(16)7-5-10-27(20)14-21-22(31-25(27)36)23(32-26(30-21)37-3)33-12-13-34(24(35)17(2)28)18(15-33)9-11-29/h4,6,8,18H,2,5,7,9-10,12-15H2,1,3H3,(H,31,36). The van der Waals surface area contributed by atoms with Crippen molar-refractivity contribution < 1.29 is 18.7 Å². The van der Waals surface area contributed by atoms with E-state index in [4.69, 9.17) is 4.74 Å². The van der Waals surface area contributed by atoms with E-state index in [9.17, 15) is 19.2 Å². The van der Waals surface area contributed by atoms with Crippen molar-refractivity contribution in [3.05, 3.63) is 53.0 Å². The van der Waals surface area contributed by atoms with Gasteiger partial charge >= 0.3 is 6.01 Å². The molecule has 3 aliphatic rings. The topological polar surface area (TPSA) is 111 Å². The first-order chi connectivity index (χ1) is 17.8. The monoisotopic (exact) mass is 504 g/mol. The Morgan fingerprint density at radius 3 is 2.92 bits per heavy atom. The van der Waals surface area contributed by atoms with E-state index in [0.29, 0.717) is 36.6 Å². The fourth-order valence-electron chi connectivity index (χ4n) is 6.00. The number of carbonyl (C=O) groups is 2. The molecule has 0 radical (unpaired) electrons. The van der Waals surface area contributed by atoms with Crippen LogP contribution in [-0.2, 0) is 27.8 Å². The molecule has 3 heterocycles. The predicted molar refractivity (Wildman–Crippen MR) is 135 cm³/mol. The Labute approximate surface area is 214 Å². The van der Waals surface area contributed by atoms with Crippen LogP contribution in [0.4, 0.5) is 15.9 Å². The molecular formula is C27H29FN6O3. The number of hydrogen-bond acceptors (Lipinski definition) is 7. The third-order valence-corrected chi connectivity index (χ3v) is 7.83. The van der Waals surface area contributed by atoms with Gasteiger partial charge < -0.3 is 19.9 Å². The zero-order valence-electron chi connectivity index (χ0n) is 21.0. The van der Waals surface area contributed by atoms with Gasteiger partial charge in [0.2, 0.25) is 5.91 Å². The maximum atomic E-state index is 13.8. The number of carbonyl (C=O) groups excluding carboxylic acids is 2. The van der Waals surface area contributed by atoms with E-state index in [1.165, 1.54) is 23.1 Å². The number of nitrogens with one attached hydrogen (secondary N) is 1. The van der Waals surface area contributed by atoms with E-state index in [2.05, 4.69) is 40.9 Å². The van der Waals surface area contributed by atoms with Gasteiger partial charge in [-0.25, -0.2) is 4.39 Å². The Kier molecular flexibility index (Phi) is 6.31. The SMILES string of the molecule is C=C(F)C(=O)N1CCN(c2nc(OC)nc3c2NC(=O)C2(CCCc4c(C)cccc42)C3)CC1CC#N. The fourth-order valence-corrected chi connectivity index (χ4v) is 6.00. The summed E-state index contributed by atoms with van der Waals surface area (Å²) < 4.78 is 19.0. The maximum Gasteiger partial charge on any atom is 0.318 e. The van der Waals surface area contributed by atoms with Crippen molar-refractivity contribution >= 4 is 23.3 Å². The summed E-state index contributed by atoms with van der Waals surface area (Å²) in [6.07, 6.45) is 3.00. The van der Waals surface area contributed by atoms with Gasteiger partial charge in [0.05, 0.1) is 36.8 Å². The lowest BCUT2D eigenvalue weighted by Gasteiger charge is -2.44. The second-order valence-corrected chi connectivity index (χ2v) is 9.89. The van der Waals surface area contributed by atoms with Crippen LogP contribution in [0.3, 0.4) is 0 Å². The minimum Gasteiger partial charge on any atom is -0.467 e. The lowest BCUT2D eigenvalue weighted by atomic mass is 9.65. The minimum atomic E-state index is -1.06. The zero-order chi connectivity index (χ0) is 26.3. The number of fused-ring (bicyclic) bond motifs is 3. The van der Waals surface area contributed by atoms with Crippen LogP contribution in [0.15, 0.2) is 30.6 Å². The van der Waals surface area contributed by atoms with Crippen LogP contribution < -0.4 is 15.0 Å². The minimum absolute atomic E-state index is 0.0194. The second-order valence-electron chi connectivity index (χ2n) is 9.89. The normalized spacial score (nSPS) is 22.5. The maximum absolute atomic E-state index is 13.8. The molecule has 10 heteroatoms. The van der Waals surface area contributed by atoms with Crippen LogP contribution in [-0.4, -0.2) is 59.5 Å². The van der Waals surface area contributed by atoms with Gasteiger partial charge in [-0.15, -0.1) is 0 Å². The highest BCUT2D eigenvalue weighted by Gasteiger charge is 2.48. The predicted octanol–water partition coefficient (Wildman–Crippen LogP) is 2.98. The van der Waals surface area contributed by atoms with Gasteiger partial charge in [-0.3, -0.25) is 9.59 Å². The number of benzene rings is 1. The van der Waals surface area contributed by atoms with Gasteiger partial charge in [0.25, 0.3) is 5.91 Å². The summed E-state index contributed by atoms with van der Waals surface area (Å²) in [5.41, 5.74) is 3.93. The number of aryl methyl sites for hydroxylation is 1. The molecule has 2 aliphatic heterocycles. The van der Waals surface area contributed by atoms with Crippen molar-refractivity contribution in [1.29, 1.82) is 5.26 Å². The molecule has 9 nitrogen and oxygen atoms in total. The Hall–Kier alpha value is -4.00. The molecule has 1 saturated heterocycles. The highest BCUT2D eigenvalue weighted by molar-refractivity contribution is 6.04. The molecule has 2 aromatic rings. The smallest absolute Gasteiger partial charge is 0.318 e. The van der Waals surface area contributed by atoms with E-state index in [1.807, 2.05) is 17.0 Å². The van der Waals surface area contributed by atoms with Crippen molar-refractivity contribution in [2.75, 3.05) is 37.0 Å². The first-order valence-corrected chi connectivity index (χ1v) is 12.4. The lowest BCUT2D eigenvalue weighted by Crippen LogP contribution is -2.56. The number of nitriles is 1. The number of amides is 2. The van der Waals surface area contributed by atoms with Gasteiger partial charge in [-0.2, -0.15) is 15.2 Å². The van der Waals surface area contributed by atoms with E-state index in [1.54, 1.807) is 0 Å². The summed E-state index contributed by atoms with van der Waals surface area (Å²) in [5.74, 6) is -1.49. The molecule has 1 aromatic carbocycles. The number of ether oxygens (including phenoxy) is 1. The zero-order valence-corrected chi connectivity index (χ0v) is 21.0. The summed E-state index contributed by atoms with van der Waals surface area (Å²) in [6, 6.07) is 7.82. The van der Waals surface area contributed by atoms with Crippen molar-refractivity contribution in [3.63, 3.8) is 0 Å². The molecule has 1 aromatic heterocycles. The molecule has 1 spiro atoms. The van der Waals surface area contributed by atoms with Gasteiger partial charge in [0.15, 0.2) is 11.6 Å². The first kappa shape index (κ1) is 24.7. The highest BCUT2D eigenvalue weighted by Crippen LogP contribution is 2.47. The third kappa shape index (κ3) is 4.08. The summed E-state index contributed by atoms with van der Waals surface area (Å²) in [6.45, 7) is 5.94. The number of hydrogen-bond donors (Lipinski definition) is 1. The molecule has 0 bridgehead atoms. The number of rotatable bonds is 4. The molecular weight excluding hydrogens is 475 g/mol. The molecule has 192 valence electrons. The van der Waals surface area contributed by atoms with E-state index in [0.717, 1.165) is 18.4 Å².